The first-order valence-corrected chi connectivity index (χ1v) is 7.24. The zero-order valence-corrected chi connectivity index (χ0v) is 11.7. The molecule has 0 bridgehead atoms. The normalized spacial score (nSPS) is 18.6. The van der Waals surface area contributed by atoms with Crippen LogP contribution in [0.5, 0.6) is 0 Å². The smallest absolute Gasteiger partial charge is 0.0928 e. The molecule has 18 heavy (non-hydrogen) atoms. The molecule has 100 valence electrons. The number of rotatable bonds is 7. The van der Waals surface area contributed by atoms with Crippen LogP contribution in [-0.2, 0) is 0 Å². The second-order valence-electron chi connectivity index (χ2n) is 5.23. The summed E-state index contributed by atoms with van der Waals surface area (Å²) in [6.07, 6.45) is 4.60. The third-order valence-corrected chi connectivity index (χ3v) is 4.02. The predicted octanol–water partition coefficient (Wildman–Crippen LogP) is 3.54. The maximum absolute atomic E-state index is 10.1. The number of halogens is 1. The van der Waals surface area contributed by atoms with Crippen molar-refractivity contribution in [2.24, 2.45) is 5.92 Å². The average Bonchev–Trinajstić information content (AvgIpc) is 3.18. The van der Waals surface area contributed by atoms with Crippen molar-refractivity contribution >= 4 is 11.6 Å². The highest BCUT2D eigenvalue weighted by Gasteiger charge is 2.24. The molecule has 0 aliphatic heterocycles. The Kier molecular flexibility index (Phi) is 5.04. The van der Waals surface area contributed by atoms with Gasteiger partial charge in [0.1, 0.15) is 0 Å². The van der Waals surface area contributed by atoms with E-state index in [0.29, 0.717) is 17.6 Å². The van der Waals surface area contributed by atoms with Crippen molar-refractivity contribution in [2.75, 3.05) is 6.54 Å². The Balaban J connectivity index is 1.82. The maximum atomic E-state index is 10.1. The monoisotopic (exact) mass is 267 g/mol. The largest absolute Gasteiger partial charge is 0.387 e. The molecule has 2 rings (SSSR count). The van der Waals surface area contributed by atoms with Crippen LogP contribution in [0.25, 0.3) is 0 Å². The highest BCUT2D eigenvalue weighted by atomic mass is 35.5. The summed E-state index contributed by atoms with van der Waals surface area (Å²) in [7, 11) is 0. The summed E-state index contributed by atoms with van der Waals surface area (Å²) in [4.78, 5) is 0. The summed E-state index contributed by atoms with van der Waals surface area (Å²) in [5, 5.41) is 14.2. The van der Waals surface area contributed by atoms with Crippen LogP contribution in [0.2, 0.25) is 5.02 Å². The highest BCUT2D eigenvalue weighted by Crippen LogP contribution is 2.34. The van der Waals surface area contributed by atoms with Crippen molar-refractivity contribution in [1.82, 2.24) is 5.32 Å². The number of nitrogens with one attached hydrogen (secondary N) is 1. The maximum Gasteiger partial charge on any atom is 0.0928 e. The lowest BCUT2D eigenvalue weighted by atomic mass is 10.1. The first-order chi connectivity index (χ1) is 8.70. The Morgan fingerprint density at radius 2 is 2.11 bits per heavy atom. The van der Waals surface area contributed by atoms with E-state index in [1.165, 1.54) is 19.3 Å². The molecule has 1 fully saturated rings. The van der Waals surface area contributed by atoms with E-state index in [4.69, 9.17) is 11.6 Å². The van der Waals surface area contributed by atoms with Gasteiger partial charge in [-0.25, -0.2) is 0 Å². The SMILES string of the molecule is CCC(CC1CC1)NCC(O)c1ccccc1Cl. The number of aliphatic hydroxyl groups excluding tert-OH is 1. The minimum atomic E-state index is -0.521. The zero-order chi connectivity index (χ0) is 13.0. The van der Waals surface area contributed by atoms with Gasteiger partial charge in [-0.05, 0) is 24.8 Å². The molecule has 0 amide bonds. The summed E-state index contributed by atoms with van der Waals surface area (Å²) in [6.45, 7) is 2.77. The standard InChI is InChI=1S/C15H22ClNO/c1-2-12(9-11-7-8-11)17-10-15(18)13-5-3-4-6-14(13)16/h3-6,11-12,15,17-18H,2,7-10H2,1H3. The Morgan fingerprint density at radius 3 is 2.72 bits per heavy atom. The van der Waals surface area contributed by atoms with Gasteiger partial charge in [0.05, 0.1) is 6.10 Å². The summed E-state index contributed by atoms with van der Waals surface area (Å²) >= 11 is 6.07. The van der Waals surface area contributed by atoms with E-state index in [1.807, 2.05) is 24.3 Å². The van der Waals surface area contributed by atoms with E-state index in [-0.39, 0.29) is 0 Å². The van der Waals surface area contributed by atoms with Crippen LogP contribution in [-0.4, -0.2) is 17.7 Å². The second kappa shape index (κ2) is 6.55. The molecule has 1 aliphatic carbocycles. The molecule has 1 saturated carbocycles. The Bertz CT molecular complexity index is 379. The van der Waals surface area contributed by atoms with E-state index >= 15 is 0 Å². The van der Waals surface area contributed by atoms with Gasteiger partial charge < -0.3 is 10.4 Å². The summed E-state index contributed by atoms with van der Waals surface area (Å²) in [5.74, 6) is 0.917. The van der Waals surface area contributed by atoms with Gasteiger partial charge in [-0.1, -0.05) is 49.6 Å². The van der Waals surface area contributed by atoms with Gasteiger partial charge in [0.2, 0.25) is 0 Å². The van der Waals surface area contributed by atoms with E-state index in [2.05, 4.69) is 12.2 Å². The molecular weight excluding hydrogens is 246 g/mol. The topological polar surface area (TPSA) is 32.3 Å². The minimum absolute atomic E-state index is 0.521. The van der Waals surface area contributed by atoms with Crippen LogP contribution in [0.4, 0.5) is 0 Å². The molecule has 1 aromatic rings. The zero-order valence-electron chi connectivity index (χ0n) is 10.9. The Hall–Kier alpha value is -0.570. The van der Waals surface area contributed by atoms with Crippen molar-refractivity contribution in [3.63, 3.8) is 0 Å². The average molecular weight is 268 g/mol. The first kappa shape index (κ1) is 13.9. The van der Waals surface area contributed by atoms with Gasteiger partial charge in [-0.2, -0.15) is 0 Å². The van der Waals surface area contributed by atoms with Crippen LogP contribution in [0.3, 0.4) is 0 Å². The van der Waals surface area contributed by atoms with Gasteiger partial charge >= 0.3 is 0 Å². The molecule has 2 nitrogen and oxygen atoms in total. The lowest BCUT2D eigenvalue weighted by Crippen LogP contribution is -2.32. The summed E-state index contributed by atoms with van der Waals surface area (Å²) in [5.41, 5.74) is 0.813. The van der Waals surface area contributed by atoms with Gasteiger partial charge in [-0.15, -0.1) is 0 Å². The van der Waals surface area contributed by atoms with Crippen molar-refractivity contribution < 1.29 is 5.11 Å². The molecule has 1 aliphatic rings. The second-order valence-corrected chi connectivity index (χ2v) is 5.64. The van der Waals surface area contributed by atoms with E-state index in [1.54, 1.807) is 0 Å². The van der Waals surface area contributed by atoms with Gasteiger partial charge in [0.15, 0.2) is 0 Å². The number of benzene rings is 1. The molecule has 2 unspecified atom stereocenters. The van der Waals surface area contributed by atoms with Crippen LogP contribution >= 0.6 is 11.6 Å². The Labute approximate surface area is 114 Å². The fourth-order valence-corrected chi connectivity index (χ4v) is 2.55. The highest BCUT2D eigenvalue weighted by molar-refractivity contribution is 6.31. The predicted molar refractivity (Wildman–Crippen MR) is 75.8 cm³/mol. The number of aliphatic hydroxyl groups is 1. The van der Waals surface area contributed by atoms with Gasteiger partial charge in [-0.3, -0.25) is 0 Å². The molecular formula is C15H22ClNO. The molecule has 0 radical (unpaired) electrons. The molecule has 1 aromatic carbocycles. The molecule has 0 spiro atoms. The Morgan fingerprint density at radius 1 is 1.39 bits per heavy atom. The molecule has 2 atom stereocenters. The van der Waals surface area contributed by atoms with Crippen molar-refractivity contribution in [3.8, 4) is 0 Å². The molecule has 0 aromatic heterocycles. The van der Waals surface area contributed by atoms with Crippen LogP contribution in [0, 0.1) is 5.92 Å². The lowest BCUT2D eigenvalue weighted by Gasteiger charge is -2.20. The minimum Gasteiger partial charge on any atom is -0.387 e. The molecule has 2 N–H and O–H groups in total. The quantitative estimate of drug-likeness (QED) is 0.792. The molecule has 0 heterocycles. The van der Waals surface area contributed by atoms with Crippen LogP contribution in [0.15, 0.2) is 24.3 Å². The fraction of sp³-hybridized carbons (Fsp3) is 0.600. The first-order valence-electron chi connectivity index (χ1n) is 6.86. The summed E-state index contributed by atoms with van der Waals surface area (Å²) in [6, 6.07) is 8.02. The molecule has 0 saturated heterocycles. The number of hydrogen-bond acceptors (Lipinski definition) is 2. The van der Waals surface area contributed by atoms with Gasteiger partial charge in [0, 0.05) is 23.2 Å². The third kappa shape index (κ3) is 3.98. The number of hydrogen-bond donors (Lipinski definition) is 2. The van der Waals surface area contributed by atoms with Crippen LogP contribution in [0.1, 0.15) is 44.3 Å². The van der Waals surface area contributed by atoms with Crippen molar-refractivity contribution in [2.45, 2.75) is 44.8 Å². The third-order valence-electron chi connectivity index (χ3n) is 3.67. The van der Waals surface area contributed by atoms with E-state index < -0.39 is 6.10 Å². The van der Waals surface area contributed by atoms with Crippen molar-refractivity contribution in [3.05, 3.63) is 34.9 Å². The van der Waals surface area contributed by atoms with Crippen LogP contribution < -0.4 is 5.32 Å². The van der Waals surface area contributed by atoms with E-state index in [9.17, 15) is 5.11 Å². The lowest BCUT2D eigenvalue weighted by molar-refractivity contribution is 0.168. The fourth-order valence-electron chi connectivity index (χ4n) is 2.28. The van der Waals surface area contributed by atoms with E-state index in [0.717, 1.165) is 17.9 Å². The van der Waals surface area contributed by atoms with Crippen molar-refractivity contribution in [1.29, 1.82) is 0 Å². The van der Waals surface area contributed by atoms with Gasteiger partial charge in [0.25, 0.3) is 0 Å². The molecule has 3 heteroatoms. The summed E-state index contributed by atoms with van der Waals surface area (Å²) < 4.78 is 0.